The van der Waals surface area contributed by atoms with E-state index in [4.69, 9.17) is 22.1 Å². The first-order valence-electron chi connectivity index (χ1n) is 5.26. The average molecular weight is 268 g/mol. The van der Waals surface area contributed by atoms with Gasteiger partial charge in [-0.3, -0.25) is 0 Å². The summed E-state index contributed by atoms with van der Waals surface area (Å²) in [5.41, 5.74) is 5.63. The van der Waals surface area contributed by atoms with E-state index in [2.05, 4.69) is 9.97 Å². The largest absolute Gasteiger partial charge is 0.454 e. The van der Waals surface area contributed by atoms with Crippen LogP contribution in [0.2, 0.25) is 5.02 Å². The van der Waals surface area contributed by atoms with Crippen molar-refractivity contribution in [2.75, 3.05) is 0 Å². The van der Waals surface area contributed by atoms with Crippen LogP contribution in [0.1, 0.15) is 18.8 Å². The van der Waals surface area contributed by atoms with E-state index in [1.165, 1.54) is 30.6 Å². The highest BCUT2D eigenvalue weighted by Crippen LogP contribution is 2.25. The first-order valence-corrected chi connectivity index (χ1v) is 5.64. The van der Waals surface area contributed by atoms with Crippen molar-refractivity contribution in [1.29, 1.82) is 0 Å². The van der Waals surface area contributed by atoms with E-state index in [0.717, 1.165) is 0 Å². The fourth-order valence-corrected chi connectivity index (χ4v) is 1.46. The van der Waals surface area contributed by atoms with Gasteiger partial charge in [-0.05, 0) is 19.1 Å². The number of hydrogen-bond acceptors (Lipinski definition) is 4. The molecule has 4 nitrogen and oxygen atoms in total. The number of benzene rings is 1. The fraction of sp³-hybridized carbons (Fsp3) is 0.167. The number of hydrogen-bond donors (Lipinski definition) is 1. The lowest BCUT2D eigenvalue weighted by atomic mass is 10.3. The SMILES string of the molecule is CC(N)c1ncc(Oc2ccc(F)c(Cl)c2)cn1. The van der Waals surface area contributed by atoms with Gasteiger partial charge in [-0.15, -0.1) is 0 Å². The van der Waals surface area contributed by atoms with Crippen molar-refractivity contribution in [3.05, 3.63) is 47.3 Å². The van der Waals surface area contributed by atoms with Gasteiger partial charge in [-0.1, -0.05) is 11.6 Å². The number of nitrogens with zero attached hydrogens (tertiary/aromatic N) is 2. The zero-order chi connectivity index (χ0) is 13.1. The summed E-state index contributed by atoms with van der Waals surface area (Å²) in [5.74, 6) is 0.882. The Morgan fingerprint density at radius 1 is 1.28 bits per heavy atom. The molecule has 1 atom stereocenters. The highest BCUT2D eigenvalue weighted by atomic mass is 35.5. The molecule has 2 N–H and O–H groups in total. The van der Waals surface area contributed by atoms with E-state index in [1.807, 2.05) is 0 Å². The predicted octanol–water partition coefficient (Wildman–Crippen LogP) is 3.08. The molecule has 0 fully saturated rings. The third kappa shape index (κ3) is 2.94. The summed E-state index contributed by atoms with van der Waals surface area (Å²) in [5, 5.41) is 0.000573. The molecule has 0 spiro atoms. The molecule has 1 heterocycles. The third-order valence-corrected chi connectivity index (χ3v) is 2.47. The van der Waals surface area contributed by atoms with Crippen molar-refractivity contribution in [2.45, 2.75) is 13.0 Å². The molecule has 0 radical (unpaired) electrons. The van der Waals surface area contributed by atoms with Gasteiger partial charge in [0.15, 0.2) is 5.75 Å². The van der Waals surface area contributed by atoms with Crippen LogP contribution in [0, 0.1) is 5.82 Å². The molecule has 18 heavy (non-hydrogen) atoms. The van der Waals surface area contributed by atoms with Crippen LogP contribution in [0.5, 0.6) is 11.5 Å². The second-order valence-corrected chi connectivity index (χ2v) is 4.15. The average Bonchev–Trinajstić information content (AvgIpc) is 2.34. The Labute approximate surface area is 109 Å². The maximum Gasteiger partial charge on any atom is 0.164 e. The Morgan fingerprint density at radius 2 is 1.94 bits per heavy atom. The fourth-order valence-electron chi connectivity index (χ4n) is 1.29. The normalized spacial score (nSPS) is 12.2. The second-order valence-electron chi connectivity index (χ2n) is 3.74. The van der Waals surface area contributed by atoms with Gasteiger partial charge >= 0.3 is 0 Å². The molecule has 0 amide bonds. The first kappa shape index (κ1) is 12.7. The molecule has 2 aromatic rings. The predicted molar refractivity (Wildman–Crippen MR) is 66.1 cm³/mol. The van der Waals surface area contributed by atoms with Crippen LogP contribution in [-0.2, 0) is 0 Å². The van der Waals surface area contributed by atoms with Crippen LogP contribution in [0.3, 0.4) is 0 Å². The summed E-state index contributed by atoms with van der Waals surface area (Å²) in [6, 6.07) is 3.85. The zero-order valence-corrected chi connectivity index (χ0v) is 10.4. The summed E-state index contributed by atoms with van der Waals surface area (Å²) in [6.07, 6.45) is 3.01. The van der Waals surface area contributed by atoms with Crippen molar-refractivity contribution in [1.82, 2.24) is 9.97 Å². The molecule has 0 saturated heterocycles. The Morgan fingerprint density at radius 3 is 2.50 bits per heavy atom. The molecule has 0 bridgehead atoms. The van der Waals surface area contributed by atoms with Crippen molar-refractivity contribution >= 4 is 11.6 Å². The molecular weight excluding hydrogens is 257 g/mol. The standard InChI is InChI=1S/C12H11ClFN3O/c1-7(15)12-16-5-9(6-17-12)18-8-2-3-11(14)10(13)4-8/h2-7H,15H2,1H3. The van der Waals surface area contributed by atoms with Crippen molar-refractivity contribution in [3.8, 4) is 11.5 Å². The van der Waals surface area contributed by atoms with Crippen molar-refractivity contribution in [3.63, 3.8) is 0 Å². The van der Waals surface area contributed by atoms with E-state index in [9.17, 15) is 4.39 Å². The van der Waals surface area contributed by atoms with Gasteiger partial charge < -0.3 is 10.5 Å². The molecule has 0 aliphatic rings. The number of rotatable bonds is 3. The van der Waals surface area contributed by atoms with Crippen LogP contribution in [0.4, 0.5) is 4.39 Å². The van der Waals surface area contributed by atoms with Gasteiger partial charge in [0.2, 0.25) is 0 Å². The van der Waals surface area contributed by atoms with Gasteiger partial charge in [0.25, 0.3) is 0 Å². The third-order valence-electron chi connectivity index (χ3n) is 2.18. The van der Waals surface area contributed by atoms with Crippen LogP contribution in [0.15, 0.2) is 30.6 Å². The molecule has 1 unspecified atom stereocenters. The Bertz CT molecular complexity index is 546. The lowest BCUT2D eigenvalue weighted by molar-refractivity contribution is 0.473. The molecule has 0 aliphatic carbocycles. The maximum atomic E-state index is 13.0. The maximum absolute atomic E-state index is 13.0. The van der Waals surface area contributed by atoms with E-state index in [1.54, 1.807) is 6.92 Å². The zero-order valence-electron chi connectivity index (χ0n) is 9.60. The van der Waals surface area contributed by atoms with E-state index in [-0.39, 0.29) is 11.1 Å². The molecule has 1 aromatic heterocycles. The summed E-state index contributed by atoms with van der Waals surface area (Å²) in [6.45, 7) is 1.79. The first-order chi connectivity index (χ1) is 8.56. The number of aromatic nitrogens is 2. The van der Waals surface area contributed by atoms with E-state index < -0.39 is 5.82 Å². The van der Waals surface area contributed by atoms with E-state index in [0.29, 0.717) is 17.3 Å². The number of halogens is 2. The summed E-state index contributed by atoms with van der Waals surface area (Å²) >= 11 is 5.64. The minimum Gasteiger partial charge on any atom is -0.454 e. The monoisotopic (exact) mass is 267 g/mol. The topological polar surface area (TPSA) is 61.0 Å². The van der Waals surface area contributed by atoms with Crippen molar-refractivity contribution < 1.29 is 9.13 Å². The summed E-state index contributed by atoms with van der Waals surface area (Å²) in [7, 11) is 0. The molecular formula is C12H11ClFN3O. The quantitative estimate of drug-likeness (QED) is 0.928. The van der Waals surface area contributed by atoms with Gasteiger partial charge in [-0.2, -0.15) is 0 Å². The molecule has 94 valence electrons. The molecule has 2 rings (SSSR count). The van der Waals surface area contributed by atoms with Crippen LogP contribution in [0.25, 0.3) is 0 Å². The van der Waals surface area contributed by atoms with Gasteiger partial charge in [-0.25, -0.2) is 14.4 Å². The van der Waals surface area contributed by atoms with E-state index >= 15 is 0 Å². The Balaban J connectivity index is 2.15. The van der Waals surface area contributed by atoms with Crippen molar-refractivity contribution in [2.24, 2.45) is 5.73 Å². The Kier molecular flexibility index (Phi) is 3.74. The minimum absolute atomic E-state index is 0.000573. The molecule has 0 aliphatic heterocycles. The Hall–Kier alpha value is -1.72. The smallest absolute Gasteiger partial charge is 0.164 e. The minimum atomic E-state index is -0.493. The van der Waals surface area contributed by atoms with Crippen LogP contribution in [-0.4, -0.2) is 9.97 Å². The molecule has 1 aromatic carbocycles. The van der Waals surface area contributed by atoms with Crippen LogP contribution < -0.4 is 10.5 Å². The van der Waals surface area contributed by atoms with Gasteiger partial charge in [0, 0.05) is 6.07 Å². The highest BCUT2D eigenvalue weighted by molar-refractivity contribution is 6.30. The molecule has 6 heteroatoms. The summed E-state index contributed by atoms with van der Waals surface area (Å²) < 4.78 is 18.4. The number of nitrogens with two attached hydrogens (primary N) is 1. The highest BCUT2D eigenvalue weighted by Gasteiger charge is 2.05. The summed E-state index contributed by atoms with van der Waals surface area (Å²) in [4.78, 5) is 8.09. The number of ether oxygens (including phenoxy) is 1. The van der Waals surface area contributed by atoms with Gasteiger partial charge in [0.05, 0.1) is 23.5 Å². The molecule has 0 saturated carbocycles. The van der Waals surface area contributed by atoms with Gasteiger partial charge in [0.1, 0.15) is 17.4 Å². The lowest BCUT2D eigenvalue weighted by Gasteiger charge is -2.07. The second kappa shape index (κ2) is 5.29. The lowest BCUT2D eigenvalue weighted by Crippen LogP contribution is -2.09. The van der Waals surface area contributed by atoms with Crippen LogP contribution >= 0.6 is 11.6 Å².